The SMILES string of the molecule is COc1ccc(CNCCCN2CCOCC2)cc1Br. The van der Waals surface area contributed by atoms with E-state index in [0.717, 1.165) is 56.2 Å². The first-order valence-corrected chi connectivity index (χ1v) is 7.92. The maximum absolute atomic E-state index is 5.34. The van der Waals surface area contributed by atoms with Crippen LogP contribution in [0, 0.1) is 0 Å². The molecule has 1 aliphatic heterocycles. The Labute approximate surface area is 129 Å². The van der Waals surface area contributed by atoms with E-state index in [1.54, 1.807) is 7.11 Å². The minimum Gasteiger partial charge on any atom is -0.496 e. The van der Waals surface area contributed by atoms with Crippen LogP contribution in [0.25, 0.3) is 0 Å². The van der Waals surface area contributed by atoms with Gasteiger partial charge in [-0.1, -0.05) is 6.07 Å². The highest BCUT2D eigenvalue weighted by Gasteiger charge is 2.08. The Morgan fingerprint density at radius 2 is 2.15 bits per heavy atom. The zero-order valence-electron chi connectivity index (χ0n) is 12.0. The van der Waals surface area contributed by atoms with E-state index in [1.165, 1.54) is 12.0 Å². The molecule has 0 radical (unpaired) electrons. The van der Waals surface area contributed by atoms with Gasteiger partial charge in [0.05, 0.1) is 24.8 Å². The molecule has 1 fully saturated rings. The molecule has 0 spiro atoms. The van der Waals surface area contributed by atoms with Crippen molar-refractivity contribution in [1.82, 2.24) is 10.2 Å². The molecule has 20 heavy (non-hydrogen) atoms. The summed E-state index contributed by atoms with van der Waals surface area (Å²) in [6.07, 6.45) is 1.18. The first-order valence-electron chi connectivity index (χ1n) is 7.13. The molecule has 112 valence electrons. The van der Waals surface area contributed by atoms with Crippen molar-refractivity contribution in [2.45, 2.75) is 13.0 Å². The molecular formula is C15H23BrN2O2. The standard InChI is InChI=1S/C15H23BrN2O2/c1-19-15-4-3-13(11-14(15)16)12-17-5-2-6-18-7-9-20-10-8-18/h3-4,11,17H,2,5-10,12H2,1H3. The van der Waals surface area contributed by atoms with E-state index in [9.17, 15) is 0 Å². The molecule has 0 amide bonds. The third-order valence-electron chi connectivity index (χ3n) is 3.48. The molecule has 0 unspecified atom stereocenters. The largest absolute Gasteiger partial charge is 0.496 e. The summed E-state index contributed by atoms with van der Waals surface area (Å²) < 4.78 is 11.6. The minimum atomic E-state index is 0.876. The van der Waals surface area contributed by atoms with E-state index in [0.29, 0.717) is 0 Å². The van der Waals surface area contributed by atoms with Crippen molar-refractivity contribution in [3.05, 3.63) is 28.2 Å². The number of nitrogens with one attached hydrogen (secondary N) is 1. The van der Waals surface area contributed by atoms with Gasteiger partial charge in [-0.2, -0.15) is 0 Å². The van der Waals surface area contributed by atoms with Crippen LogP contribution in [0.3, 0.4) is 0 Å². The van der Waals surface area contributed by atoms with E-state index in [2.05, 4.69) is 38.3 Å². The molecule has 1 N–H and O–H groups in total. The Hall–Kier alpha value is -0.620. The summed E-state index contributed by atoms with van der Waals surface area (Å²) in [6, 6.07) is 6.20. The van der Waals surface area contributed by atoms with Gasteiger partial charge >= 0.3 is 0 Å². The average Bonchev–Trinajstić information content (AvgIpc) is 2.48. The molecule has 1 aromatic rings. The first-order chi connectivity index (χ1) is 9.79. The van der Waals surface area contributed by atoms with Crippen LogP contribution in [0.4, 0.5) is 0 Å². The van der Waals surface area contributed by atoms with Crippen LogP contribution < -0.4 is 10.1 Å². The van der Waals surface area contributed by atoms with Crippen LogP contribution in [0.5, 0.6) is 5.75 Å². The lowest BCUT2D eigenvalue weighted by molar-refractivity contribution is 0.0374. The van der Waals surface area contributed by atoms with Crippen LogP contribution in [-0.2, 0) is 11.3 Å². The summed E-state index contributed by atoms with van der Waals surface area (Å²) in [6.45, 7) is 7.01. The number of morpholine rings is 1. The van der Waals surface area contributed by atoms with Gasteiger partial charge in [-0.3, -0.25) is 4.90 Å². The fourth-order valence-corrected chi connectivity index (χ4v) is 2.89. The van der Waals surface area contributed by atoms with E-state index in [-0.39, 0.29) is 0 Å². The van der Waals surface area contributed by atoms with Crippen LogP contribution in [0.2, 0.25) is 0 Å². The molecule has 1 saturated heterocycles. The summed E-state index contributed by atoms with van der Waals surface area (Å²) in [5, 5.41) is 3.49. The Morgan fingerprint density at radius 1 is 1.35 bits per heavy atom. The average molecular weight is 343 g/mol. The van der Waals surface area contributed by atoms with Gasteiger partial charge in [0.1, 0.15) is 5.75 Å². The maximum Gasteiger partial charge on any atom is 0.133 e. The number of halogens is 1. The van der Waals surface area contributed by atoms with Crippen molar-refractivity contribution >= 4 is 15.9 Å². The van der Waals surface area contributed by atoms with Gasteiger partial charge in [-0.05, 0) is 53.1 Å². The summed E-state index contributed by atoms with van der Waals surface area (Å²) in [7, 11) is 1.68. The Morgan fingerprint density at radius 3 is 2.85 bits per heavy atom. The third kappa shape index (κ3) is 5.05. The monoisotopic (exact) mass is 342 g/mol. The molecule has 4 nitrogen and oxygen atoms in total. The van der Waals surface area contributed by atoms with Crippen molar-refractivity contribution in [1.29, 1.82) is 0 Å². The van der Waals surface area contributed by atoms with Gasteiger partial charge in [0.25, 0.3) is 0 Å². The maximum atomic E-state index is 5.34. The quantitative estimate of drug-likeness (QED) is 0.770. The van der Waals surface area contributed by atoms with E-state index < -0.39 is 0 Å². The van der Waals surface area contributed by atoms with Crippen molar-refractivity contribution in [3.8, 4) is 5.75 Å². The Balaban J connectivity index is 1.61. The van der Waals surface area contributed by atoms with Gasteiger partial charge < -0.3 is 14.8 Å². The smallest absolute Gasteiger partial charge is 0.133 e. The number of rotatable bonds is 7. The zero-order valence-corrected chi connectivity index (χ0v) is 13.6. The van der Waals surface area contributed by atoms with Gasteiger partial charge in [-0.15, -0.1) is 0 Å². The molecule has 1 aliphatic rings. The number of methoxy groups -OCH3 is 1. The molecule has 2 rings (SSSR count). The predicted octanol–water partition coefficient (Wildman–Crippen LogP) is 2.27. The summed E-state index contributed by atoms with van der Waals surface area (Å²) in [5.41, 5.74) is 1.27. The summed E-state index contributed by atoms with van der Waals surface area (Å²) in [5.74, 6) is 0.876. The molecule has 0 atom stereocenters. The lowest BCUT2D eigenvalue weighted by Crippen LogP contribution is -2.37. The van der Waals surface area contributed by atoms with Gasteiger partial charge in [0.2, 0.25) is 0 Å². The van der Waals surface area contributed by atoms with Crippen LogP contribution in [-0.4, -0.2) is 51.4 Å². The predicted molar refractivity (Wildman–Crippen MR) is 84.3 cm³/mol. The molecular weight excluding hydrogens is 320 g/mol. The van der Waals surface area contributed by atoms with Crippen molar-refractivity contribution in [2.75, 3.05) is 46.5 Å². The lowest BCUT2D eigenvalue weighted by Gasteiger charge is -2.26. The highest BCUT2D eigenvalue weighted by Crippen LogP contribution is 2.25. The highest BCUT2D eigenvalue weighted by molar-refractivity contribution is 9.10. The van der Waals surface area contributed by atoms with Crippen molar-refractivity contribution < 1.29 is 9.47 Å². The first kappa shape index (κ1) is 15.8. The van der Waals surface area contributed by atoms with Gasteiger partial charge in [-0.25, -0.2) is 0 Å². The fraction of sp³-hybridized carbons (Fsp3) is 0.600. The van der Waals surface area contributed by atoms with E-state index in [4.69, 9.17) is 9.47 Å². The second kappa shape index (κ2) is 8.62. The molecule has 0 bridgehead atoms. The molecule has 1 heterocycles. The lowest BCUT2D eigenvalue weighted by atomic mass is 10.2. The van der Waals surface area contributed by atoms with Crippen molar-refractivity contribution in [2.24, 2.45) is 0 Å². The minimum absolute atomic E-state index is 0.876. The molecule has 5 heteroatoms. The van der Waals surface area contributed by atoms with Gasteiger partial charge in [0.15, 0.2) is 0 Å². The van der Waals surface area contributed by atoms with Crippen LogP contribution >= 0.6 is 15.9 Å². The van der Waals surface area contributed by atoms with Gasteiger partial charge in [0, 0.05) is 19.6 Å². The Bertz CT molecular complexity index is 409. The molecule has 0 aromatic heterocycles. The highest BCUT2D eigenvalue weighted by atomic mass is 79.9. The molecule has 1 aromatic carbocycles. The zero-order chi connectivity index (χ0) is 14.2. The number of ether oxygens (including phenoxy) is 2. The second-order valence-corrected chi connectivity index (χ2v) is 5.81. The molecule has 0 saturated carbocycles. The van der Waals surface area contributed by atoms with E-state index in [1.807, 2.05) is 6.07 Å². The topological polar surface area (TPSA) is 33.7 Å². The summed E-state index contributed by atoms with van der Waals surface area (Å²) >= 11 is 3.51. The molecule has 0 aliphatic carbocycles. The number of hydrogen-bond donors (Lipinski definition) is 1. The number of hydrogen-bond acceptors (Lipinski definition) is 4. The van der Waals surface area contributed by atoms with Crippen molar-refractivity contribution in [3.63, 3.8) is 0 Å². The fourth-order valence-electron chi connectivity index (χ4n) is 2.31. The third-order valence-corrected chi connectivity index (χ3v) is 4.10. The Kier molecular flexibility index (Phi) is 6.79. The normalized spacial score (nSPS) is 16.3. The van der Waals surface area contributed by atoms with E-state index >= 15 is 0 Å². The number of nitrogens with zero attached hydrogens (tertiary/aromatic N) is 1. The second-order valence-electron chi connectivity index (χ2n) is 4.95. The van der Waals surface area contributed by atoms with Crippen LogP contribution in [0.15, 0.2) is 22.7 Å². The number of benzene rings is 1. The summed E-state index contributed by atoms with van der Waals surface area (Å²) in [4.78, 5) is 2.47. The van der Waals surface area contributed by atoms with Crippen LogP contribution in [0.1, 0.15) is 12.0 Å².